The van der Waals surface area contributed by atoms with E-state index < -0.39 is 0 Å². The lowest BCUT2D eigenvalue weighted by atomic mass is 9.82. The van der Waals surface area contributed by atoms with Gasteiger partial charge in [-0.1, -0.05) is 50.8 Å². The van der Waals surface area contributed by atoms with E-state index in [1.54, 1.807) is 0 Å². The number of nitrogens with one attached hydrogen (secondary N) is 2. The first kappa shape index (κ1) is 21.3. The summed E-state index contributed by atoms with van der Waals surface area (Å²) in [4.78, 5) is 16.3. The minimum Gasteiger partial charge on any atom is -0.373 e. The number of nitrogens with zero attached hydrogens (tertiary/aromatic N) is 1. The Balaban J connectivity index is 1.32. The number of fused-ring (bicyclic) bond motifs is 1. The molecule has 0 radical (unpaired) electrons. The van der Waals surface area contributed by atoms with Crippen LogP contribution in [0.25, 0.3) is 0 Å². The highest BCUT2D eigenvalue weighted by atomic mass is 16.2. The standard InChI is InChI=1S/C27H41N3O/c1-18-9-7-11-21-17-23(28-24(18)21)27(31)29-25(20-14-15-20)26-19(2)10-8-16-30(26)22-12-5-3-4-6-13-22/h7,9,11,19-20,22-23,25-26,28H,3-6,8,10,12-17H2,1-2H3,(H,29,31). The summed E-state index contributed by atoms with van der Waals surface area (Å²) in [5, 5.41) is 7.16. The zero-order valence-electron chi connectivity index (χ0n) is 19.5. The second-order valence-electron chi connectivity index (χ2n) is 10.9. The second kappa shape index (κ2) is 9.13. The summed E-state index contributed by atoms with van der Waals surface area (Å²) in [6.07, 6.45) is 14.3. The topological polar surface area (TPSA) is 44.4 Å². The predicted octanol–water partition coefficient (Wildman–Crippen LogP) is 5.05. The molecule has 31 heavy (non-hydrogen) atoms. The van der Waals surface area contributed by atoms with Gasteiger partial charge < -0.3 is 10.6 Å². The number of aryl methyl sites for hydroxylation is 1. The number of benzene rings is 1. The van der Waals surface area contributed by atoms with Crippen LogP contribution in [0.3, 0.4) is 0 Å². The van der Waals surface area contributed by atoms with Crippen LogP contribution in [0.4, 0.5) is 5.69 Å². The molecule has 1 amide bonds. The van der Waals surface area contributed by atoms with Gasteiger partial charge in [0, 0.05) is 30.2 Å². The monoisotopic (exact) mass is 423 g/mol. The maximum Gasteiger partial charge on any atom is 0.243 e. The van der Waals surface area contributed by atoms with Crippen LogP contribution in [-0.4, -0.2) is 41.5 Å². The summed E-state index contributed by atoms with van der Waals surface area (Å²) >= 11 is 0. The van der Waals surface area contributed by atoms with Crippen LogP contribution in [0.2, 0.25) is 0 Å². The molecule has 1 saturated heterocycles. The Morgan fingerprint density at radius 3 is 2.55 bits per heavy atom. The number of carbonyl (C=O) groups is 1. The van der Waals surface area contributed by atoms with Crippen molar-refractivity contribution in [1.82, 2.24) is 10.2 Å². The van der Waals surface area contributed by atoms with Gasteiger partial charge in [-0.25, -0.2) is 0 Å². The molecule has 1 aromatic rings. The molecule has 4 heteroatoms. The number of para-hydroxylation sites is 1. The van der Waals surface area contributed by atoms with E-state index in [0.29, 0.717) is 23.9 Å². The van der Waals surface area contributed by atoms with Gasteiger partial charge in [-0.05, 0) is 75.0 Å². The fourth-order valence-electron chi connectivity index (χ4n) is 6.73. The molecule has 2 saturated carbocycles. The summed E-state index contributed by atoms with van der Waals surface area (Å²) in [5.41, 5.74) is 3.71. The van der Waals surface area contributed by atoms with Crippen molar-refractivity contribution in [2.45, 2.75) is 109 Å². The highest BCUT2D eigenvalue weighted by molar-refractivity contribution is 5.88. The fourth-order valence-corrected chi connectivity index (χ4v) is 6.73. The second-order valence-corrected chi connectivity index (χ2v) is 10.9. The number of rotatable bonds is 5. The molecule has 0 bridgehead atoms. The normalized spacial score (nSPS) is 30.8. The maximum atomic E-state index is 13.5. The van der Waals surface area contributed by atoms with Crippen LogP contribution in [0, 0.1) is 18.8 Å². The number of piperidine rings is 1. The van der Waals surface area contributed by atoms with Crippen LogP contribution in [-0.2, 0) is 11.2 Å². The molecule has 170 valence electrons. The Bertz CT molecular complexity index is 781. The Hall–Kier alpha value is -1.55. The molecule has 2 N–H and O–H groups in total. The van der Waals surface area contributed by atoms with E-state index in [2.05, 4.69) is 47.6 Å². The van der Waals surface area contributed by atoms with E-state index in [9.17, 15) is 4.79 Å². The molecule has 2 aliphatic heterocycles. The summed E-state index contributed by atoms with van der Waals surface area (Å²) < 4.78 is 0. The van der Waals surface area contributed by atoms with Crippen molar-refractivity contribution in [1.29, 1.82) is 0 Å². The minimum atomic E-state index is -0.123. The minimum absolute atomic E-state index is 0.123. The third-order valence-corrected chi connectivity index (χ3v) is 8.56. The van der Waals surface area contributed by atoms with E-state index in [0.717, 1.165) is 12.5 Å². The molecule has 5 rings (SSSR count). The maximum absolute atomic E-state index is 13.5. The Morgan fingerprint density at radius 1 is 1.06 bits per heavy atom. The van der Waals surface area contributed by atoms with Crippen molar-refractivity contribution in [3.8, 4) is 0 Å². The van der Waals surface area contributed by atoms with Crippen molar-refractivity contribution >= 4 is 11.6 Å². The van der Waals surface area contributed by atoms with E-state index in [1.165, 1.54) is 87.6 Å². The van der Waals surface area contributed by atoms with E-state index in [4.69, 9.17) is 0 Å². The summed E-state index contributed by atoms with van der Waals surface area (Å²) in [5.74, 6) is 1.55. The fraction of sp³-hybridized carbons (Fsp3) is 0.741. The van der Waals surface area contributed by atoms with Crippen LogP contribution in [0.15, 0.2) is 18.2 Å². The van der Waals surface area contributed by atoms with Crippen LogP contribution < -0.4 is 10.6 Å². The van der Waals surface area contributed by atoms with Gasteiger partial charge in [-0.15, -0.1) is 0 Å². The summed E-state index contributed by atoms with van der Waals surface area (Å²) in [6, 6.07) is 7.84. The first-order valence-electron chi connectivity index (χ1n) is 13.0. The highest BCUT2D eigenvalue weighted by Crippen LogP contribution is 2.41. The van der Waals surface area contributed by atoms with Gasteiger partial charge in [0.1, 0.15) is 6.04 Å². The molecule has 4 atom stereocenters. The van der Waals surface area contributed by atoms with Crippen molar-refractivity contribution in [3.05, 3.63) is 29.3 Å². The predicted molar refractivity (Wildman–Crippen MR) is 127 cm³/mol. The molecule has 0 aromatic heterocycles. The molecule has 2 aliphatic carbocycles. The average molecular weight is 424 g/mol. The lowest BCUT2D eigenvalue weighted by molar-refractivity contribution is -0.123. The zero-order chi connectivity index (χ0) is 21.4. The first-order chi connectivity index (χ1) is 15.1. The Morgan fingerprint density at radius 2 is 1.84 bits per heavy atom. The number of hydrogen-bond acceptors (Lipinski definition) is 3. The zero-order valence-corrected chi connectivity index (χ0v) is 19.5. The van der Waals surface area contributed by atoms with Crippen molar-refractivity contribution in [2.24, 2.45) is 11.8 Å². The van der Waals surface area contributed by atoms with Gasteiger partial charge in [0.05, 0.1) is 0 Å². The Labute approximate surface area is 188 Å². The molecule has 4 nitrogen and oxygen atoms in total. The van der Waals surface area contributed by atoms with Crippen LogP contribution in [0.5, 0.6) is 0 Å². The van der Waals surface area contributed by atoms with Gasteiger partial charge in [0.2, 0.25) is 5.91 Å². The average Bonchev–Trinajstić information content (AvgIpc) is 3.55. The largest absolute Gasteiger partial charge is 0.373 e. The number of carbonyl (C=O) groups excluding carboxylic acids is 1. The molecule has 0 spiro atoms. The SMILES string of the molecule is Cc1cccc2c1NC(C(=O)NC(C1CC1)C1C(C)CCCN1C1CCCCCC1)C2. The molecule has 3 fully saturated rings. The molecule has 4 aliphatic rings. The number of amides is 1. The summed E-state index contributed by atoms with van der Waals surface area (Å²) in [6.45, 7) is 5.81. The van der Waals surface area contributed by atoms with Crippen molar-refractivity contribution in [2.75, 3.05) is 11.9 Å². The van der Waals surface area contributed by atoms with Crippen molar-refractivity contribution in [3.63, 3.8) is 0 Å². The van der Waals surface area contributed by atoms with Gasteiger partial charge in [0.15, 0.2) is 0 Å². The van der Waals surface area contributed by atoms with Crippen molar-refractivity contribution < 1.29 is 4.79 Å². The highest BCUT2D eigenvalue weighted by Gasteiger charge is 2.46. The van der Waals surface area contributed by atoms with Gasteiger partial charge in [-0.2, -0.15) is 0 Å². The third-order valence-electron chi connectivity index (χ3n) is 8.56. The molecule has 4 unspecified atom stereocenters. The number of anilines is 1. The van der Waals surface area contributed by atoms with Gasteiger partial charge >= 0.3 is 0 Å². The van der Waals surface area contributed by atoms with Crippen LogP contribution in [0.1, 0.15) is 82.3 Å². The summed E-state index contributed by atoms with van der Waals surface area (Å²) in [7, 11) is 0. The van der Waals surface area contributed by atoms with Crippen LogP contribution >= 0.6 is 0 Å². The third kappa shape index (κ3) is 4.51. The number of likely N-dealkylation sites (tertiary alicyclic amines) is 1. The van der Waals surface area contributed by atoms with E-state index in [-0.39, 0.29) is 11.9 Å². The molecular weight excluding hydrogens is 382 g/mol. The molecule has 1 aromatic carbocycles. The molecular formula is C27H41N3O. The quantitative estimate of drug-likeness (QED) is 0.652. The van der Waals surface area contributed by atoms with E-state index >= 15 is 0 Å². The van der Waals surface area contributed by atoms with E-state index in [1.807, 2.05) is 0 Å². The molecule has 2 heterocycles. The Kier molecular flexibility index (Phi) is 6.28. The lowest BCUT2D eigenvalue weighted by Gasteiger charge is -2.48. The van der Waals surface area contributed by atoms with Gasteiger partial charge in [-0.3, -0.25) is 9.69 Å². The smallest absolute Gasteiger partial charge is 0.243 e. The lowest BCUT2D eigenvalue weighted by Crippen LogP contribution is -2.61. The first-order valence-corrected chi connectivity index (χ1v) is 13.0. The number of hydrogen-bond donors (Lipinski definition) is 2. The van der Waals surface area contributed by atoms with Gasteiger partial charge in [0.25, 0.3) is 0 Å².